The number of carboxylic acid groups (broad SMARTS) is 1. The van der Waals surface area contributed by atoms with Crippen LogP contribution in [0.4, 0.5) is 0 Å². The summed E-state index contributed by atoms with van der Waals surface area (Å²) in [5, 5.41) is 11.6. The van der Waals surface area contributed by atoms with Crippen LogP contribution in [0.3, 0.4) is 0 Å². The molecule has 0 aliphatic carbocycles. The fraction of sp³-hybridized carbons (Fsp3) is 0.750. The minimum Gasteiger partial charge on any atom is -0.480 e. The number of nitrogens with zero attached hydrogens (tertiary/aromatic N) is 1. The molecule has 2 N–H and O–H groups in total. The Balaban J connectivity index is 2.32. The highest BCUT2D eigenvalue weighted by molar-refractivity contribution is 5.84. The molecule has 1 unspecified atom stereocenters. The molecule has 6 heteroatoms. The van der Waals surface area contributed by atoms with Gasteiger partial charge in [0.2, 0.25) is 11.8 Å². The zero-order valence-electron chi connectivity index (χ0n) is 10.6. The van der Waals surface area contributed by atoms with Crippen molar-refractivity contribution in [2.24, 2.45) is 0 Å². The first-order valence-electron chi connectivity index (χ1n) is 6.35. The summed E-state index contributed by atoms with van der Waals surface area (Å²) in [5.41, 5.74) is 0. The molecule has 0 aromatic heterocycles. The maximum atomic E-state index is 11.8. The SMILES string of the molecule is CCNC(=O)CCCC(=O)N1CCCC1C(=O)O. The Labute approximate surface area is 106 Å². The average molecular weight is 256 g/mol. The van der Waals surface area contributed by atoms with Crippen molar-refractivity contribution in [1.29, 1.82) is 0 Å². The van der Waals surface area contributed by atoms with E-state index < -0.39 is 12.0 Å². The van der Waals surface area contributed by atoms with Crippen molar-refractivity contribution in [3.63, 3.8) is 0 Å². The van der Waals surface area contributed by atoms with Crippen molar-refractivity contribution >= 4 is 17.8 Å². The fourth-order valence-electron chi connectivity index (χ4n) is 2.15. The second-order valence-electron chi connectivity index (χ2n) is 4.39. The smallest absolute Gasteiger partial charge is 0.326 e. The number of aliphatic carboxylic acids is 1. The van der Waals surface area contributed by atoms with Crippen molar-refractivity contribution in [2.45, 2.75) is 45.1 Å². The Bertz CT molecular complexity index is 330. The molecule has 0 bridgehead atoms. The summed E-state index contributed by atoms with van der Waals surface area (Å²) < 4.78 is 0. The molecule has 2 amide bonds. The number of likely N-dealkylation sites (tertiary alicyclic amines) is 1. The summed E-state index contributed by atoms with van der Waals surface area (Å²) in [6, 6.07) is -0.679. The first-order chi connectivity index (χ1) is 8.56. The van der Waals surface area contributed by atoms with Crippen molar-refractivity contribution in [3.05, 3.63) is 0 Å². The molecule has 0 aromatic carbocycles. The molecule has 1 heterocycles. The first-order valence-corrected chi connectivity index (χ1v) is 6.35. The summed E-state index contributed by atoms with van der Waals surface area (Å²) in [6.45, 7) is 2.93. The third-order valence-corrected chi connectivity index (χ3v) is 3.03. The Kier molecular flexibility index (Phi) is 5.61. The minimum absolute atomic E-state index is 0.0680. The summed E-state index contributed by atoms with van der Waals surface area (Å²) in [5.74, 6) is -1.17. The number of rotatable bonds is 6. The summed E-state index contributed by atoms with van der Waals surface area (Å²) >= 11 is 0. The van der Waals surface area contributed by atoms with Gasteiger partial charge in [0.25, 0.3) is 0 Å². The summed E-state index contributed by atoms with van der Waals surface area (Å²) in [4.78, 5) is 35.4. The highest BCUT2D eigenvalue weighted by atomic mass is 16.4. The molecule has 18 heavy (non-hydrogen) atoms. The van der Waals surface area contributed by atoms with E-state index in [-0.39, 0.29) is 18.2 Å². The predicted molar refractivity (Wildman–Crippen MR) is 64.9 cm³/mol. The highest BCUT2D eigenvalue weighted by Crippen LogP contribution is 2.19. The molecule has 102 valence electrons. The average Bonchev–Trinajstić information content (AvgIpc) is 2.78. The van der Waals surface area contributed by atoms with Gasteiger partial charge < -0.3 is 15.3 Å². The van der Waals surface area contributed by atoms with Crippen LogP contribution in [0, 0.1) is 0 Å². The fourth-order valence-corrected chi connectivity index (χ4v) is 2.15. The van der Waals surface area contributed by atoms with Gasteiger partial charge in [0.05, 0.1) is 0 Å². The van der Waals surface area contributed by atoms with Crippen LogP contribution in [-0.2, 0) is 14.4 Å². The molecule has 0 aromatic rings. The number of hydrogen-bond acceptors (Lipinski definition) is 3. The van der Waals surface area contributed by atoms with Crippen molar-refractivity contribution in [2.75, 3.05) is 13.1 Å². The minimum atomic E-state index is -0.940. The number of carboxylic acids is 1. The lowest BCUT2D eigenvalue weighted by Crippen LogP contribution is -2.40. The third-order valence-electron chi connectivity index (χ3n) is 3.03. The molecule has 1 rings (SSSR count). The van der Waals surface area contributed by atoms with E-state index in [4.69, 9.17) is 5.11 Å². The Hall–Kier alpha value is -1.59. The molecule has 0 radical (unpaired) electrons. The van der Waals surface area contributed by atoms with Gasteiger partial charge >= 0.3 is 5.97 Å². The van der Waals surface area contributed by atoms with Gasteiger partial charge in [-0.2, -0.15) is 0 Å². The third kappa shape index (κ3) is 4.01. The Morgan fingerprint density at radius 3 is 2.67 bits per heavy atom. The van der Waals surface area contributed by atoms with E-state index >= 15 is 0 Å². The van der Waals surface area contributed by atoms with E-state index in [0.717, 1.165) is 6.42 Å². The number of hydrogen-bond donors (Lipinski definition) is 2. The number of nitrogens with one attached hydrogen (secondary N) is 1. The lowest BCUT2D eigenvalue weighted by atomic mass is 10.2. The van der Waals surface area contributed by atoms with E-state index in [1.807, 2.05) is 6.92 Å². The molecular formula is C12H20N2O4. The van der Waals surface area contributed by atoms with Gasteiger partial charge in [0, 0.05) is 25.9 Å². The number of amides is 2. The molecule has 6 nitrogen and oxygen atoms in total. The lowest BCUT2D eigenvalue weighted by molar-refractivity contribution is -0.148. The summed E-state index contributed by atoms with van der Waals surface area (Å²) in [7, 11) is 0. The van der Waals surface area contributed by atoms with Crippen LogP contribution >= 0.6 is 0 Å². The monoisotopic (exact) mass is 256 g/mol. The summed E-state index contributed by atoms with van der Waals surface area (Å²) in [6.07, 6.45) is 2.27. The molecule has 1 aliphatic rings. The Morgan fingerprint density at radius 2 is 2.06 bits per heavy atom. The van der Waals surface area contributed by atoms with E-state index in [1.54, 1.807) is 0 Å². The van der Waals surface area contributed by atoms with E-state index in [0.29, 0.717) is 32.4 Å². The van der Waals surface area contributed by atoms with Crippen molar-refractivity contribution in [1.82, 2.24) is 10.2 Å². The molecule has 0 spiro atoms. The van der Waals surface area contributed by atoms with Crippen LogP contribution in [-0.4, -0.2) is 46.9 Å². The van der Waals surface area contributed by atoms with Crippen LogP contribution in [0.5, 0.6) is 0 Å². The van der Waals surface area contributed by atoms with Gasteiger partial charge in [-0.15, -0.1) is 0 Å². The highest BCUT2D eigenvalue weighted by Gasteiger charge is 2.33. The van der Waals surface area contributed by atoms with Gasteiger partial charge in [0.15, 0.2) is 0 Å². The van der Waals surface area contributed by atoms with E-state index in [1.165, 1.54) is 4.90 Å². The Morgan fingerprint density at radius 1 is 1.33 bits per heavy atom. The topological polar surface area (TPSA) is 86.7 Å². The second-order valence-corrected chi connectivity index (χ2v) is 4.39. The standard InChI is InChI=1S/C12H20N2O4/c1-2-13-10(15)6-3-7-11(16)14-8-4-5-9(14)12(17)18/h9H,2-8H2,1H3,(H,13,15)(H,17,18). The van der Waals surface area contributed by atoms with Crippen LogP contribution in [0.25, 0.3) is 0 Å². The van der Waals surface area contributed by atoms with Gasteiger partial charge in [-0.05, 0) is 26.2 Å². The maximum Gasteiger partial charge on any atom is 0.326 e. The van der Waals surface area contributed by atoms with E-state index in [9.17, 15) is 14.4 Å². The number of carbonyl (C=O) groups excluding carboxylic acids is 2. The van der Waals surface area contributed by atoms with Crippen LogP contribution in [0.2, 0.25) is 0 Å². The van der Waals surface area contributed by atoms with Gasteiger partial charge in [0.1, 0.15) is 6.04 Å². The van der Waals surface area contributed by atoms with Crippen LogP contribution < -0.4 is 5.32 Å². The molecule has 1 saturated heterocycles. The molecule has 0 saturated carbocycles. The first kappa shape index (κ1) is 14.5. The quantitative estimate of drug-likeness (QED) is 0.718. The van der Waals surface area contributed by atoms with Crippen molar-refractivity contribution < 1.29 is 19.5 Å². The lowest BCUT2D eigenvalue weighted by Gasteiger charge is -2.21. The predicted octanol–water partition coefficient (Wildman–Crippen LogP) is 0.368. The second kappa shape index (κ2) is 6.98. The molecule has 1 fully saturated rings. The van der Waals surface area contributed by atoms with Gasteiger partial charge in [-0.3, -0.25) is 9.59 Å². The number of carbonyl (C=O) groups is 3. The van der Waals surface area contributed by atoms with Crippen LogP contribution in [0.1, 0.15) is 39.0 Å². The van der Waals surface area contributed by atoms with Crippen molar-refractivity contribution in [3.8, 4) is 0 Å². The van der Waals surface area contributed by atoms with Gasteiger partial charge in [-0.1, -0.05) is 0 Å². The molecule has 1 atom stereocenters. The molecule has 1 aliphatic heterocycles. The molecular weight excluding hydrogens is 236 g/mol. The maximum absolute atomic E-state index is 11.8. The normalized spacial score (nSPS) is 18.7. The zero-order valence-corrected chi connectivity index (χ0v) is 10.6. The zero-order chi connectivity index (χ0) is 13.5. The van der Waals surface area contributed by atoms with E-state index in [2.05, 4.69) is 5.32 Å². The largest absolute Gasteiger partial charge is 0.480 e. The van der Waals surface area contributed by atoms with Crippen LogP contribution in [0.15, 0.2) is 0 Å². The van der Waals surface area contributed by atoms with Gasteiger partial charge in [-0.25, -0.2) is 4.79 Å².